The summed E-state index contributed by atoms with van der Waals surface area (Å²) in [6.45, 7) is 5.39. The zero-order valence-corrected chi connectivity index (χ0v) is 12.4. The van der Waals surface area contributed by atoms with Gasteiger partial charge in [0.1, 0.15) is 11.7 Å². The van der Waals surface area contributed by atoms with Crippen LogP contribution in [0.1, 0.15) is 38.7 Å². The molecule has 5 nitrogen and oxygen atoms in total. The Kier molecular flexibility index (Phi) is 3.15. The van der Waals surface area contributed by atoms with E-state index < -0.39 is 17.6 Å². The maximum atomic E-state index is 12.4. The number of hydrogen-bond acceptors (Lipinski definition) is 4. The molecular formula is C16H19NO4. The average Bonchev–Trinajstić information content (AvgIpc) is 2.36. The first-order chi connectivity index (χ1) is 9.89. The molecule has 0 aliphatic carbocycles. The maximum Gasteiger partial charge on any atom is 0.319 e. The molecule has 5 heteroatoms. The number of piperidine rings is 1. The van der Waals surface area contributed by atoms with E-state index in [0.717, 1.165) is 11.3 Å². The molecule has 1 saturated heterocycles. The highest BCUT2D eigenvalue weighted by atomic mass is 16.5. The molecule has 0 unspecified atom stereocenters. The van der Waals surface area contributed by atoms with Crippen LogP contribution in [0.2, 0.25) is 0 Å². The Hall–Kier alpha value is -2.04. The van der Waals surface area contributed by atoms with Gasteiger partial charge in [0.05, 0.1) is 6.10 Å². The summed E-state index contributed by atoms with van der Waals surface area (Å²) >= 11 is 0. The topological polar surface area (TPSA) is 64.6 Å². The Labute approximate surface area is 123 Å². The van der Waals surface area contributed by atoms with Crippen molar-refractivity contribution in [3.63, 3.8) is 0 Å². The highest BCUT2D eigenvalue weighted by Crippen LogP contribution is 2.46. The molecule has 1 fully saturated rings. The molecule has 2 heterocycles. The van der Waals surface area contributed by atoms with E-state index in [4.69, 9.17) is 9.47 Å². The summed E-state index contributed by atoms with van der Waals surface area (Å²) in [5.74, 6) is -1.09. The summed E-state index contributed by atoms with van der Waals surface area (Å²) in [5.41, 5.74) is 0.139. The monoisotopic (exact) mass is 289 g/mol. The molecule has 3 rings (SSSR count). The van der Waals surface area contributed by atoms with E-state index in [1.54, 1.807) is 13.8 Å². The van der Waals surface area contributed by atoms with Crippen LogP contribution >= 0.6 is 0 Å². The first-order valence-corrected chi connectivity index (χ1v) is 7.20. The molecule has 0 radical (unpaired) electrons. The number of carbonyl (C=O) groups is 2. The van der Waals surface area contributed by atoms with E-state index >= 15 is 0 Å². The lowest BCUT2D eigenvalue weighted by molar-refractivity contribution is -0.163. The summed E-state index contributed by atoms with van der Waals surface area (Å²) in [6.07, 6.45) is 0.321. The number of benzene rings is 1. The van der Waals surface area contributed by atoms with Gasteiger partial charge in [-0.15, -0.1) is 0 Å². The van der Waals surface area contributed by atoms with E-state index in [2.05, 4.69) is 5.32 Å². The summed E-state index contributed by atoms with van der Waals surface area (Å²) in [4.78, 5) is 24.7. The Morgan fingerprint density at radius 1 is 1.43 bits per heavy atom. The second kappa shape index (κ2) is 4.76. The van der Waals surface area contributed by atoms with Crippen LogP contribution < -0.4 is 10.1 Å². The van der Waals surface area contributed by atoms with Crippen LogP contribution in [0, 0.1) is 5.92 Å². The lowest BCUT2D eigenvalue weighted by atomic mass is 9.75. The van der Waals surface area contributed by atoms with Crippen molar-refractivity contribution in [1.82, 2.24) is 5.32 Å². The lowest BCUT2D eigenvalue weighted by Crippen LogP contribution is -2.62. The van der Waals surface area contributed by atoms with Crippen LogP contribution in [-0.2, 0) is 14.3 Å². The number of esters is 1. The van der Waals surface area contributed by atoms with E-state index in [1.807, 2.05) is 31.2 Å². The van der Waals surface area contributed by atoms with Crippen LogP contribution in [-0.4, -0.2) is 23.7 Å². The highest BCUT2D eigenvalue weighted by Gasteiger charge is 2.52. The molecule has 1 aromatic carbocycles. The summed E-state index contributed by atoms with van der Waals surface area (Å²) in [7, 11) is 0. The fourth-order valence-electron chi connectivity index (χ4n) is 3.17. The second-order valence-electron chi connectivity index (χ2n) is 6.13. The minimum Gasteiger partial charge on any atom is -0.468 e. The average molecular weight is 289 g/mol. The van der Waals surface area contributed by atoms with E-state index in [0.29, 0.717) is 6.42 Å². The van der Waals surface area contributed by atoms with Gasteiger partial charge in [0.2, 0.25) is 5.91 Å². The molecule has 1 amide bonds. The Balaban J connectivity index is 2.01. The SMILES string of the molecule is CC(C)OC(=O)[C@@H]1C(=O)N[C@@]2(C)C[C@H]1c1ccccc1O2. The van der Waals surface area contributed by atoms with Gasteiger partial charge in [-0.25, -0.2) is 0 Å². The molecule has 3 atom stereocenters. The molecule has 2 aliphatic rings. The molecule has 1 N–H and O–H groups in total. The third kappa shape index (κ3) is 2.37. The van der Waals surface area contributed by atoms with Crippen LogP contribution in [0.5, 0.6) is 5.75 Å². The largest absolute Gasteiger partial charge is 0.468 e. The van der Waals surface area contributed by atoms with Crippen molar-refractivity contribution in [2.45, 2.75) is 44.9 Å². The van der Waals surface area contributed by atoms with Gasteiger partial charge < -0.3 is 14.8 Å². The summed E-state index contributed by atoms with van der Waals surface area (Å²) in [5, 5.41) is 2.81. The number of ether oxygens (including phenoxy) is 2. The zero-order chi connectivity index (χ0) is 15.2. The predicted octanol–water partition coefficient (Wildman–Crippen LogP) is 1.97. The molecule has 112 valence electrons. The van der Waals surface area contributed by atoms with Gasteiger partial charge in [0.25, 0.3) is 0 Å². The van der Waals surface area contributed by atoms with E-state index in [1.165, 1.54) is 0 Å². The standard InChI is InChI=1S/C16H19NO4/c1-9(2)20-15(19)13-11-8-16(3,17-14(13)18)21-12-7-5-4-6-10(11)12/h4-7,9,11,13H,8H2,1-3H3,(H,17,18)/t11-,13-,16+/m0/s1. The van der Waals surface area contributed by atoms with Gasteiger partial charge in [-0.3, -0.25) is 9.59 Å². The maximum absolute atomic E-state index is 12.4. The van der Waals surface area contributed by atoms with Gasteiger partial charge in [-0.2, -0.15) is 0 Å². The summed E-state index contributed by atoms with van der Waals surface area (Å²) in [6, 6.07) is 7.55. The van der Waals surface area contributed by atoms with Crippen molar-refractivity contribution in [3.05, 3.63) is 29.8 Å². The van der Waals surface area contributed by atoms with E-state index in [-0.39, 0.29) is 17.9 Å². The zero-order valence-electron chi connectivity index (χ0n) is 12.4. The molecular weight excluding hydrogens is 270 g/mol. The minimum absolute atomic E-state index is 0.208. The first-order valence-electron chi connectivity index (χ1n) is 7.20. The van der Waals surface area contributed by atoms with Crippen molar-refractivity contribution < 1.29 is 19.1 Å². The molecule has 0 aromatic heterocycles. The van der Waals surface area contributed by atoms with Crippen molar-refractivity contribution in [2.24, 2.45) is 5.92 Å². The normalized spacial score (nSPS) is 30.2. The van der Waals surface area contributed by atoms with Gasteiger partial charge in [-0.1, -0.05) is 18.2 Å². The van der Waals surface area contributed by atoms with Gasteiger partial charge in [0.15, 0.2) is 5.72 Å². The van der Waals surface area contributed by atoms with Gasteiger partial charge >= 0.3 is 5.97 Å². The Bertz CT molecular complexity index is 598. The highest BCUT2D eigenvalue weighted by molar-refractivity contribution is 6.00. The van der Waals surface area contributed by atoms with Crippen molar-refractivity contribution in [2.75, 3.05) is 0 Å². The molecule has 0 spiro atoms. The van der Waals surface area contributed by atoms with Crippen molar-refractivity contribution in [1.29, 1.82) is 0 Å². The number of hydrogen-bond donors (Lipinski definition) is 1. The molecule has 0 saturated carbocycles. The number of para-hydroxylation sites is 1. The molecule has 2 bridgehead atoms. The van der Waals surface area contributed by atoms with Gasteiger partial charge in [-0.05, 0) is 32.4 Å². The van der Waals surface area contributed by atoms with Crippen molar-refractivity contribution >= 4 is 11.9 Å². The van der Waals surface area contributed by atoms with Crippen LogP contribution in [0.4, 0.5) is 0 Å². The van der Waals surface area contributed by atoms with E-state index in [9.17, 15) is 9.59 Å². The number of fused-ring (bicyclic) bond motifs is 4. The van der Waals surface area contributed by atoms with Crippen molar-refractivity contribution in [3.8, 4) is 5.75 Å². The summed E-state index contributed by atoms with van der Waals surface area (Å²) < 4.78 is 11.1. The molecule has 21 heavy (non-hydrogen) atoms. The Morgan fingerprint density at radius 3 is 2.86 bits per heavy atom. The number of nitrogens with one attached hydrogen (secondary N) is 1. The smallest absolute Gasteiger partial charge is 0.319 e. The van der Waals surface area contributed by atoms with Crippen LogP contribution in [0.15, 0.2) is 24.3 Å². The third-order valence-electron chi connectivity index (χ3n) is 3.94. The van der Waals surface area contributed by atoms with Crippen LogP contribution in [0.3, 0.4) is 0 Å². The van der Waals surface area contributed by atoms with Gasteiger partial charge in [0, 0.05) is 12.3 Å². The fraction of sp³-hybridized carbons (Fsp3) is 0.500. The third-order valence-corrected chi connectivity index (χ3v) is 3.94. The molecule has 2 aliphatic heterocycles. The fourth-order valence-corrected chi connectivity index (χ4v) is 3.17. The first kappa shape index (κ1) is 13.9. The predicted molar refractivity (Wildman–Crippen MR) is 75.7 cm³/mol. The second-order valence-corrected chi connectivity index (χ2v) is 6.13. The van der Waals surface area contributed by atoms with Crippen LogP contribution in [0.25, 0.3) is 0 Å². The Morgan fingerprint density at radius 2 is 2.14 bits per heavy atom. The number of amides is 1. The number of carbonyl (C=O) groups excluding carboxylic acids is 2. The lowest BCUT2D eigenvalue weighted by Gasteiger charge is -2.46. The quantitative estimate of drug-likeness (QED) is 0.668. The number of rotatable bonds is 2. The minimum atomic E-state index is -0.814. The molecule has 1 aromatic rings.